The third-order valence-corrected chi connectivity index (χ3v) is 3.67. The fraction of sp³-hybridized carbons (Fsp3) is 0.400. The predicted molar refractivity (Wildman–Crippen MR) is 84.1 cm³/mol. The van der Waals surface area contributed by atoms with E-state index in [0.29, 0.717) is 17.8 Å². The summed E-state index contributed by atoms with van der Waals surface area (Å²) in [6, 6.07) is 3.37. The number of aromatic nitrogens is 3. The number of aliphatic carboxylic acids is 1. The molecule has 2 N–H and O–H groups in total. The van der Waals surface area contributed by atoms with Gasteiger partial charge in [-0.05, 0) is 24.6 Å². The van der Waals surface area contributed by atoms with Crippen LogP contribution in [-0.2, 0) is 11.3 Å². The number of carboxylic acid groups (broad SMARTS) is 1. The summed E-state index contributed by atoms with van der Waals surface area (Å²) in [7, 11) is 0. The van der Waals surface area contributed by atoms with Crippen LogP contribution < -0.4 is 5.32 Å². The Morgan fingerprint density at radius 1 is 1.52 bits per heavy atom. The Morgan fingerprint density at radius 2 is 2.30 bits per heavy atom. The van der Waals surface area contributed by atoms with E-state index in [2.05, 4.69) is 15.6 Å². The van der Waals surface area contributed by atoms with Crippen molar-refractivity contribution in [2.75, 3.05) is 0 Å². The summed E-state index contributed by atoms with van der Waals surface area (Å²) in [4.78, 5) is 11.2. The zero-order valence-corrected chi connectivity index (χ0v) is 13.4. The van der Waals surface area contributed by atoms with Crippen LogP contribution in [0.25, 0.3) is 5.69 Å². The van der Waals surface area contributed by atoms with Gasteiger partial charge in [-0.25, -0.2) is 9.07 Å². The number of nitrogens with one attached hydrogen (secondary N) is 1. The molecule has 0 bridgehead atoms. The second kappa shape index (κ2) is 8.03. The molecule has 0 fully saturated rings. The van der Waals surface area contributed by atoms with Crippen LogP contribution in [0.15, 0.2) is 24.4 Å². The fourth-order valence-corrected chi connectivity index (χ4v) is 2.37. The van der Waals surface area contributed by atoms with Gasteiger partial charge in [-0.1, -0.05) is 36.6 Å². The van der Waals surface area contributed by atoms with Gasteiger partial charge < -0.3 is 5.11 Å². The topological polar surface area (TPSA) is 80.0 Å². The van der Waals surface area contributed by atoms with Crippen LogP contribution in [0.2, 0.25) is 5.02 Å². The fourth-order valence-electron chi connectivity index (χ4n) is 2.11. The van der Waals surface area contributed by atoms with Gasteiger partial charge in [0.1, 0.15) is 11.9 Å². The third kappa shape index (κ3) is 4.74. The van der Waals surface area contributed by atoms with Crippen LogP contribution >= 0.6 is 11.6 Å². The van der Waals surface area contributed by atoms with Crippen molar-refractivity contribution in [2.24, 2.45) is 0 Å². The molecule has 0 radical (unpaired) electrons. The molecule has 1 aromatic heterocycles. The average molecular weight is 341 g/mol. The van der Waals surface area contributed by atoms with E-state index >= 15 is 0 Å². The lowest BCUT2D eigenvalue weighted by atomic mass is 10.1. The zero-order valence-electron chi connectivity index (χ0n) is 12.7. The molecule has 2 rings (SSSR count). The van der Waals surface area contributed by atoms with Crippen LogP contribution in [0.3, 0.4) is 0 Å². The van der Waals surface area contributed by atoms with E-state index in [1.54, 1.807) is 6.20 Å². The molecule has 0 aliphatic heterocycles. The SMILES string of the molecule is CCCCC(NCc1cn(-c2ccc(F)cc2Cl)nn1)C(=O)O. The predicted octanol–water partition coefficient (Wildman–Crippen LogP) is 2.79. The molecule has 1 atom stereocenters. The third-order valence-electron chi connectivity index (χ3n) is 3.37. The summed E-state index contributed by atoms with van der Waals surface area (Å²) >= 11 is 5.98. The lowest BCUT2D eigenvalue weighted by Gasteiger charge is -2.12. The van der Waals surface area contributed by atoms with Gasteiger partial charge in [0.25, 0.3) is 0 Å². The van der Waals surface area contributed by atoms with Gasteiger partial charge in [0, 0.05) is 6.54 Å². The second-order valence-electron chi connectivity index (χ2n) is 5.16. The van der Waals surface area contributed by atoms with Crippen LogP contribution in [0.1, 0.15) is 31.9 Å². The molecule has 0 spiro atoms. The van der Waals surface area contributed by atoms with Crippen LogP contribution in [0.5, 0.6) is 0 Å². The van der Waals surface area contributed by atoms with Crippen molar-refractivity contribution in [3.63, 3.8) is 0 Å². The summed E-state index contributed by atoms with van der Waals surface area (Å²) in [6.45, 7) is 2.29. The number of hydrogen-bond donors (Lipinski definition) is 2. The van der Waals surface area contributed by atoms with Crippen LogP contribution in [0, 0.1) is 5.82 Å². The minimum absolute atomic E-state index is 0.223. The standard InChI is InChI=1S/C15H18ClFN4O2/c1-2-3-4-13(15(22)23)18-8-11-9-21(20-19-11)14-6-5-10(17)7-12(14)16/h5-7,9,13,18H,2-4,8H2,1H3,(H,22,23). The van der Waals surface area contributed by atoms with E-state index < -0.39 is 17.8 Å². The molecule has 0 aliphatic carbocycles. The number of nitrogens with zero attached hydrogens (tertiary/aromatic N) is 3. The van der Waals surface area contributed by atoms with Crippen LogP contribution in [-0.4, -0.2) is 32.1 Å². The maximum absolute atomic E-state index is 13.1. The largest absolute Gasteiger partial charge is 0.480 e. The van der Waals surface area contributed by atoms with Crippen molar-refractivity contribution in [3.8, 4) is 5.69 Å². The molecule has 0 amide bonds. The molecule has 1 unspecified atom stereocenters. The average Bonchev–Trinajstić information content (AvgIpc) is 2.95. The Balaban J connectivity index is 2.03. The molecular formula is C15H18ClFN4O2. The Hall–Kier alpha value is -1.99. The smallest absolute Gasteiger partial charge is 0.320 e. The van der Waals surface area contributed by atoms with Gasteiger partial charge in [-0.2, -0.15) is 0 Å². The lowest BCUT2D eigenvalue weighted by molar-refractivity contribution is -0.139. The van der Waals surface area contributed by atoms with E-state index in [-0.39, 0.29) is 11.6 Å². The van der Waals surface area contributed by atoms with Crippen molar-refractivity contribution in [1.29, 1.82) is 0 Å². The molecule has 1 aromatic carbocycles. The molecule has 124 valence electrons. The van der Waals surface area contributed by atoms with E-state index in [4.69, 9.17) is 16.7 Å². The Labute approximate surface area is 138 Å². The highest BCUT2D eigenvalue weighted by atomic mass is 35.5. The molecule has 0 saturated heterocycles. The Kier molecular flexibility index (Phi) is 6.06. The Morgan fingerprint density at radius 3 is 2.96 bits per heavy atom. The highest BCUT2D eigenvalue weighted by Gasteiger charge is 2.16. The summed E-state index contributed by atoms with van der Waals surface area (Å²) in [5, 5.41) is 20.2. The number of unbranched alkanes of at least 4 members (excludes halogenated alkanes) is 1. The Bertz CT molecular complexity index is 677. The first kappa shape index (κ1) is 17.4. The van der Waals surface area contributed by atoms with Gasteiger partial charge in [0.2, 0.25) is 0 Å². The molecule has 23 heavy (non-hydrogen) atoms. The number of hydrogen-bond acceptors (Lipinski definition) is 4. The van der Waals surface area contributed by atoms with Gasteiger partial charge in [0.05, 0.1) is 22.6 Å². The van der Waals surface area contributed by atoms with Crippen molar-refractivity contribution in [2.45, 2.75) is 38.8 Å². The first-order valence-corrected chi connectivity index (χ1v) is 7.72. The van der Waals surface area contributed by atoms with Crippen molar-refractivity contribution < 1.29 is 14.3 Å². The normalized spacial score (nSPS) is 12.3. The van der Waals surface area contributed by atoms with E-state index in [1.807, 2.05) is 6.92 Å². The molecular weight excluding hydrogens is 323 g/mol. The molecule has 0 aliphatic rings. The summed E-state index contributed by atoms with van der Waals surface area (Å²) < 4.78 is 14.5. The first-order chi connectivity index (χ1) is 11.0. The lowest BCUT2D eigenvalue weighted by Crippen LogP contribution is -2.36. The van der Waals surface area contributed by atoms with E-state index in [0.717, 1.165) is 12.8 Å². The van der Waals surface area contributed by atoms with Crippen molar-refractivity contribution >= 4 is 17.6 Å². The molecule has 2 aromatic rings. The van der Waals surface area contributed by atoms with Crippen LogP contribution in [0.4, 0.5) is 4.39 Å². The molecule has 6 nitrogen and oxygen atoms in total. The zero-order chi connectivity index (χ0) is 16.8. The quantitative estimate of drug-likeness (QED) is 0.772. The van der Waals surface area contributed by atoms with Crippen molar-refractivity contribution in [1.82, 2.24) is 20.3 Å². The monoisotopic (exact) mass is 340 g/mol. The number of carboxylic acids is 1. The summed E-state index contributed by atoms with van der Waals surface area (Å²) in [5.41, 5.74) is 1.08. The van der Waals surface area contributed by atoms with E-state index in [9.17, 15) is 9.18 Å². The van der Waals surface area contributed by atoms with Gasteiger partial charge in [0.15, 0.2) is 0 Å². The van der Waals surface area contributed by atoms with E-state index in [1.165, 1.54) is 22.9 Å². The number of rotatable bonds is 8. The molecule has 1 heterocycles. The summed E-state index contributed by atoms with van der Waals surface area (Å²) in [5.74, 6) is -1.31. The van der Waals surface area contributed by atoms with Gasteiger partial charge in [-0.15, -0.1) is 5.10 Å². The highest BCUT2D eigenvalue weighted by molar-refractivity contribution is 6.32. The minimum atomic E-state index is -0.882. The maximum atomic E-state index is 13.1. The summed E-state index contributed by atoms with van der Waals surface area (Å²) in [6.07, 6.45) is 3.96. The minimum Gasteiger partial charge on any atom is -0.480 e. The maximum Gasteiger partial charge on any atom is 0.320 e. The number of benzene rings is 1. The number of halogens is 2. The second-order valence-corrected chi connectivity index (χ2v) is 5.57. The van der Waals surface area contributed by atoms with Crippen molar-refractivity contribution in [3.05, 3.63) is 40.9 Å². The van der Waals surface area contributed by atoms with Gasteiger partial charge >= 0.3 is 5.97 Å². The molecule has 0 saturated carbocycles. The number of carbonyl (C=O) groups is 1. The highest BCUT2D eigenvalue weighted by Crippen LogP contribution is 2.20. The first-order valence-electron chi connectivity index (χ1n) is 7.34. The van der Waals surface area contributed by atoms with Gasteiger partial charge in [-0.3, -0.25) is 10.1 Å². The molecule has 8 heteroatoms.